The van der Waals surface area contributed by atoms with Crippen molar-refractivity contribution in [2.45, 2.75) is 6.92 Å². The Labute approximate surface area is 82.3 Å². The van der Waals surface area contributed by atoms with Gasteiger partial charge in [-0.15, -0.1) is 11.6 Å². The van der Waals surface area contributed by atoms with Gasteiger partial charge in [0.1, 0.15) is 5.69 Å². The first-order valence-corrected chi connectivity index (χ1v) is 4.48. The maximum atomic E-state index is 11.0. The molecule has 0 aliphatic heterocycles. The molecule has 0 atom stereocenters. The second-order valence-electron chi connectivity index (χ2n) is 2.56. The van der Waals surface area contributed by atoms with Crippen LogP contribution in [0.3, 0.4) is 0 Å². The van der Waals surface area contributed by atoms with Gasteiger partial charge in [0.05, 0.1) is 5.69 Å². The first-order chi connectivity index (χ1) is 6.24. The Bertz CT molecular complexity index is 333. The van der Waals surface area contributed by atoms with Crippen molar-refractivity contribution >= 4 is 23.5 Å². The summed E-state index contributed by atoms with van der Waals surface area (Å²) in [6.45, 7) is 1.50. The van der Waals surface area contributed by atoms with Crippen LogP contribution < -0.4 is 0 Å². The normalized spacial score (nSPS) is 10.6. The molecule has 0 aliphatic carbocycles. The van der Waals surface area contributed by atoms with E-state index in [9.17, 15) is 4.79 Å². The summed E-state index contributed by atoms with van der Waals surface area (Å²) in [5.41, 5.74) is 1.24. The van der Waals surface area contributed by atoms with Crippen LogP contribution in [0.15, 0.2) is 24.3 Å². The molecule has 0 saturated carbocycles. The van der Waals surface area contributed by atoms with E-state index in [1.54, 1.807) is 24.3 Å². The third-order valence-corrected chi connectivity index (χ3v) is 1.69. The Kier molecular flexibility index (Phi) is 3.65. The van der Waals surface area contributed by atoms with Gasteiger partial charge in [-0.1, -0.05) is 12.1 Å². The highest BCUT2D eigenvalue weighted by molar-refractivity contribution is 6.19. The first kappa shape index (κ1) is 9.93. The van der Waals surface area contributed by atoms with Crippen LogP contribution in [0, 0.1) is 0 Å². The average molecular weight is 196 g/mol. The summed E-state index contributed by atoms with van der Waals surface area (Å²) < 4.78 is 0. The van der Waals surface area contributed by atoms with Crippen LogP contribution in [0.2, 0.25) is 0 Å². The fourth-order valence-electron chi connectivity index (χ4n) is 0.906. The Morgan fingerprint density at radius 1 is 1.62 bits per heavy atom. The van der Waals surface area contributed by atoms with E-state index < -0.39 is 0 Å². The molecule has 1 heterocycles. The number of Topliss-reactive ketones (excluding diaryl/α,β-unsaturated/α-hetero) is 1. The highest BCUT2D eigenvalue weighted by atomic mass is 35.5. The predicted molar refractivity (Wildman–Crippen MR) is 54.0 cm³/mol. The Balaban J connectivity index is 2.92. The molecule has 13 heavy (non-hydrogen) atoms. The summed E-state index contributed by atoms with van der Waals surface area (Å²) in [6, 6.07) is 5.33. The van der Waals surface area contributed by atoms with Crippen molar-refractivity contribution in [2.24, 2.45) is 0 Å². The van der Waals surface area contributed by atoms with E-state index in [0.717, 1.165) is 5.69 Å². The Morgan fingerprint density at radius 3 is 3.00 bits per heavy atom. The molecule has 0 bridgehead atoms. The van der Waals surface area contributed by atoms with Gasteiger partial charge in [0.25, 0.3) is 0 Å². The van der Waals surface area contributed by atoms with Gasteiger partial charge in [0.2, 0.25) is 0 Å². The molecule has 1 aromatic heterocycles. The lowest BCUT2D eigenvalue weighted by atomic mass is 10.2. The van der Waals surface area contributed by atoms with Crippen LogP contribution in [0.4, 0.5) is 0 Å². The van der Waals surface area contributed by atoms with E-state index in [2.05, 4.69) is 4.98 Å². The molecule has 1 aromatic rings. The van der Waals surface area contributed by atoms with E-state index in [4.69, 9.17) is 11.6 Å². The number of rotatable bonds is 3. The van der Waals surface area contributed by atoms with Crippen molar-refractivity contribution in [1.82, 2.24) is 4.98 Å². The number of carbonyl (C=O) groups excluding carboxylic acids is 1. The Morgan fingerprint density at radius 2 is 2.38 bits per heavy atom. The summed E-state index contributed by atoms with van der Waals surface area (Å²) in [5, 5.41) is 0. The lowest BCUT2D eigenvalue weighted by molar-refractivity contribution is 0.101. The highest BCUT2D eigenvalue weighted by Gasteiger charge is 1.99. The van der Waals surface area contributed by atoms with Gasteiger partial charge in [0, 0.05) is 12.8 Å². The number of ketones is 1. The third kappa shape index (κ3) is 2.99. The predicted octanol–water partition coefficient (Wildman–Crippen LogP) is 2.54. The van der Waals surface area contributed by atoms with Crippen LogP contribution in [0.1, 0.15) is 23.1 Å². The maximum Gasteiger partial charge on any atom is 0.178 e. The minimum absolute atomic E-state index is 0.0267. The van der Waals surface area contributed by atoms with Crippen LogP contribution in [-0.4, -0.2) is 16.6 Å². The van der Waals surface area contributed by atoms with Crippen LogP contribution >= 0.6 is 11.6 Å². The van der Waals surface area contributed by atoms with Crippen molar-refractivity contribution in [2.75, 3.05) is 5.88 Å². The van der Waals surface area contributed by atoms with Crippen molar-refractivity contribution in [1.29, 1.82) is 0 Å². The van der Waals surface area contributed by atoms with Crippen LogP contribution in [-0.2, 0) is 0 Å². The van der Waals surface area contributed by atoms with Crippen molar-refractivity contribution in [3.05, 3.63) is 35.7 Å². The molecule has 0 N–H and O–H groups in total. The molecular formula is C10H10ClNO. The van der Waals surface area contributed by atoms with Gasteiger partial charge in [-0.25, -0.2) is 4.98 Å². The monoisotopic (exact) mass is 195 g/mol. The average Bonchev–Trinajstić information content (AvgIpc) is 2.15. The second kappa shape index (κ2) is 4.77. The zero-order valence-corrected chi connectivity index (χ0v) is 8.08. The fourth-order valence-corrected chi connectivity index (χ4v) is 0.995. The topological polar surface area (TPSA) is 30.0 Å². The maximum absolute atomic E-state index is 11.0. The molecule has 0 aromatic carbocycles. The molecule has 0 saturated heterocycles. The largest absolute Gasteiger partial charge is 0.293 e. The zero-order valence-electron chi connectivity index (χ0n) is 7.33. The number of halogens is 1. The van der Waals surface area contributed by atoms with E-state index in [-0.39, 0.29) is 5.78 Å². The highest BCUT2D eigenvalue weighted by Crippen LogP contribution is 2.02. The summed E-state index contributed by atoms with van der Waals surface area (Å²) in [7, 11) is 0. The van der Waals surface area contributed by atoms with E-state index in [1.807, 2.05) is 6.07 Å². The van der Waals surface area contributed by atoms with Gasteiger partial charge in [-0.05, 0) is 18.2 Å². The van der Waals surface area contributed by atoms with Gasteiger partial charge in [0.15, 0.2) is 5.78 Å². The molecule has 3 heteroatoms. The molecular weight excluding hydrogens is 186 g/mol. The fraction of sp³-hybridized carbons (Fsp3) is 0.200. The number of carbonyl (C=O) groups is 1. The minimum Gasteiger partial charge on any atom is -0.293 e. The number of hydrogen-bond donors (Lipinski definition) is 0. The SMILES string of the molecule is CC(=O)c1cccc(C=CCCl)n1. The van der Waals surface area contributed by atoms with Crippen molar-refractivity contribution < 1.29 is 4.79 Å². The molecule has 0 aliphatic rings. The zero-order chi connectivity index (χ0) is 9.68. The number of allylic oxidation sites excluding steroid dienone is 1. The number of pyridine rings is 1. The van der Waals surface area contributed by atoms with Gasteiger partial charge >= 0.3 is 0 Å². The summed E-state index contributed by atoms with van der Waals surface area (Å²) >= 11 is 5.47. The smallest absolute Gasteiger partial charge is 0.178 e. The molecule has 0 radical (unpaired) electrons. The Hall–Kier alpha value is -1.15. The summed E-state index contributed by atoms with van der Waals surface area (Å²) in [6.07, 6.45) is 3.58. The number of aromatic nitrogens is 1. The minimum atomic E-state index is -0.0267. The number of alkyl halides is 1. The molecule has 68 valence electrons. The van der Waals surface area contributed by atoms with E-state index >= 15 is 0 Å². The van der Waals surface area contributed by atoms with Crippen molar-refractivity contribution in [3.8, 4) is 0 Å². The molecule has 2 nitrogen and oxygen atoms in total. The van der Waals surface area contributed by atoms with Gasteiger partial charge in [-0.2, -0.15) is 0 Å². The summed E-state index contributed by atoms with van der Waals surface area (Å²) in [5.74, 6) is 0.424. The lowest BCUT2D eigenvalue weighted by Gasteiger charge is -1.95. The van der Waals surface area contributed by atoms with E-state index in [0.29, 0.717) is 11.6 Å². The van der Waals surface area contributed by atoms with E-state index in [1.165, 1.54) is 6.92 Å². The second-order valence-corrected chi connectivity index (χ2v) is 2.87. The van der Waals surface area contributed by atoms with Crippen LogP contribution in [0.25, 0.3) is 6.08 Å². The standard InChI is InChI=1S/C10H10ClNO/c1-8(13)10-6-2-4-9(12-10)5-3-7-11/h2-6H,7H2,1H3. The number of hydrogen-bond acceptors (Lipinski definition) is 2. The molecule has 0 amide bonds. The first-order valence-electron chi connectivity index (χ1n) is 3.94. The molecule has 1 rings (SSSR count). The third-order valence-electron chi connectivity index (χ3n) is 1.51. The van der Waals surface area contributed by atoms with Crippen molar-refractivity contribution in [3.63, 3.8) is 0 Å². The van der Waals surface area contributed by atoms with Gasteiger partial charge in [-0.3, -0.25) is 4.79 Å². The lowest BCUT2D eigenvalue weighted by Crippen LogP contribution is -1.96. The van der Waals surface area contributed by atoms with Gasteiger partial charge < -0.3 is 0 Å². The number of nitrogens with zero attached hydrogens (tertiary/aromatic N) is 1. The molecule has 0 unspecified atom stereocenters. The summed E-state index contributed by atoms with van der Waals surface area (Å²) in [4.78, 5) is 15.1. The molecule has 0 spiro atoms. The quantitative estimate of drug-likeness (QED) is 0.548. The molecule has 0 fully saturated rings. The van der Waals surface area contributed by atoms with Crippen LogP contribution in [0.5, 0.6) is 0 Å².